The molecule has 42 heavy (non-hydrogen) atoms. The van der Waals surface area contributed by atoms with Crippen LogP contribution in [0.15, 0.2) is 79.4 Å². The summed E-state index contributed by atoms with van der Waals surface area (Å²) >= 11 is 0. The van der Waals surface area contributed by atoms with E-state index in [1.807, 2.05) is 0 Å². The number of methoxy groups -OCH3 is 1. The highest BCUT2D eigenvalue weighted by Crippen LogP contribution is 2.40. The lowest BCUT2D eigenvalue weighted by atomic mass is 9.78. The van der Waals surface area contributed by atoms with Crippen LogP contribution >= 0.6 is 0 Å². The fourth-order valence-electron chi connectivity index (χ4n) is 6.15. The number of aryl methyl sites for hydroxylation is 1. The predicted molar refractivity (Wildman–Crippen MR) is 180 cm³/mol. The van der Waals surface area contributed by atoms with Crippen LogP contribution in [0.25, 0.3) is 11.1 Å². The molecular weight excluding hydrogens is 514 g/mol. The average molecular weight is 566 g/mol. The third-order valence-electron chi connectivity index (χ3n) is 9.17. The fourth-order valence-corrected chi connectivity index (χ4v) is 6.15. The number of ether oxygens (including phenoxy) is 1. The van der Waals surface area contributed by atoms with E-state index in [9.17, 15) is 0 Å². The van der Waals surface area contributed by atoms with Crippen molar-refractivity contribution < 1.29 is 4.74 Å². The number of aromatic nitrogens is 1. The Kier molecular flexibility index (Phi) is 10.3. The average Bonchev–Trinajstić information content (AvgIpc) is 2.94. The topological polar surface area (TPSA) is 28.6 Å². The van der Waals surface area contributed by atoms with Gasteiger partial charge in [0, 0.05) is 42.7 Å². The first kappa shape index (κ1) is 31.6. The van der Waals surface area contributed by atoms with E-state index in [1.165, 1.54) is 28.7 Å². The second-order valence-electron chi connectivity index (χ2n) is 12.8. The van der Waals surface area contributed by atoms with Crippen LogP contribution in [-0.2, 0) is 12.0 Å². The zero-order valence-electron chi connectivity index (χ0n) is 27.0. The van der Waals surface area contributed by atoms with Gasteiger partial charge in [0.05, 0.1) is 12.8 Å². The van der Waals surface area contributed by atoms with Gasteiger partial charge in [-0.05, 0) is 87.4 Å². The monoisotopic (exact) mass is 565 g/mol. The Hall–Kier alpha value is -3.37. The molecule has 0 bridgehead atoms. The van der Waals surface area contributed by atoms with Gasteiger partial charge in [0.1, 0.15) is 11.6 Å². The van der Waals surface area contributed by atoms with E-state index in [0.29, 0.717) is 12.0 Å². The molecule has 4 rings (SSSR count). The van der Waals surface area contributed by atoms with Crippen LogP contribution in [0.4, 0.5) is 5.82 Å². The molecule has 2 atom stereocenters. The molecule has 0 saturated carbocycles. The Morgan fingerprint density at radius 3 is 2.50 bits per heavy atom. The van der Waals surface area contributed by atoms with Crippen LogP contribution in [0.3, 0.4) is 0 Å². The summed E-state index contributed by atoms with van der Waals surface area (Å²) in [5, 5.41) is 0. The van der Waals surface area contributed by atoms with Gasteiger partial charge in [-0.3, -0.25) is 4.90 Å². The van der Waals surface area contributed by atoms with Crippen LogP contribution in [-0.4, -0.2) is 43.2 Å². The van der Waals surface area contributed by atoms with E-state index in [1.54, 1.807) is 7.11 Å². The Morgan fingerprint density at radius 2 is 1.88 bits per heavy atom. The number of hydrogen-bond donors (Lipinski definition) is 0. The number of benzene rings is 2. The van der Waals surface area contributed by atoms with E-state index in [-0.39, 0.29) is 5.41 Å². The van der Waals surface area contributed by atoms with Crippen LogP contribution in [0.1, 0.15) is 81.7 Å². The molecule has 1 saturated heterocycles. The zero-order chi connectivity index (χ0) is 30.4. The molecule has 2 heterocycles. The normalized spacial score (nSPS) is 14.8. The second-order valence-corrected chi connectivity index (χ2v) is 12.8. The van der Waals surface area contributed by atoms with E-state index >= 15 is 0 Å². The van der Waals surface area contributed by atoms with E-state index in [2.05, 4.69) is 125 Å². The molecule has 0 aliphatic carbocycles. The molecule has 2 aromatic carbocycles. The maximum absolute atomic E-state index is 5.95. The summed E-state index contributed by atoms with van der Waals surface area (Å²) in [5.74, 6) is 2.29. The standard InChI is InChI=1S/C38H51N3O/c1-10-14-32(30-16-12-15-28(4)23-30)29(5)40(8)26-35-33(18-20-37(39-35)41-21-13-22-41)34-24-31(17-19-36(34)42-9)38(6,7)25-27(3)11-2/h10,12,15-20,23-24,29,32H,1,3,11,13-14,21-22,25-26H2,2,4-9H3. The van der Waals surface area contributed by atoms with Gasteiger partial charge < -0.3 is 9.64 Å². The first-order valence-corrected chi connectivity index (χ1v) is 15.6. The van der Waals surface area contributed by atoms with Gasteiger partial charge in [0.15, 0.2) is 0 Å². The predicted octanol–water partition coefficient (Wildman–Crippen LogP) is 9.09. The maximum atomic E-state index is 5.95. The van der Waals surface area contributed by atoms with E-state index < -0.39 is 0 Å². The maximum Gasteiger partial charge on any atom is 0.128 e. The van der Waals surface area contributed by atoms with Crippen LogP contribution in [0, 0.1) is 6.92 Å². The quantitative estimate of drug-likeness (QED) is 0.182. The van der Waals surface area contributed by atoms with Crippen molar-refractivity contribution in [3.63, 3.8) is 0 Å². The first-order chi connectivity index (χ1) is 20.1. The number of nitrogens with zero attached hydrogens (tertiary/aromatic N) is 3. The minimum absolute atomic E-state index is 0.0314. The fraction of sp³-hybridized carbons (Fsp3) is 0.447. The van der Waals surface area contributed by atoms with E-state index in [4.69, 9.17) is 9.72 Å². The molecule has 224 valence electrons. The van der Waals surface area contributed by atoms with Gasteiger partial charge in [-0.1, -0.05) is 74.9 Å². The minimum Gasteiger partial charge on any atom is -0.496 e. The number of likely N-dealkylation sites (N-methyl/N-ethyl adjacent to an activating group) is 1. The number of pyridine rings is 1. The molecule has 4 heteroatoms. The Labute approximate surface area is 255 Å². The smallest absolute Gasteiger partial charge is 0.128 e. The number of hydrogen-bond acceptors (Lipinski definition) is 4. The molecular formula is C38H51N3O. The van der Waals surface area contributed by atoms with Gasteiger partial charge in [-0.2, -0.15) is 0 Å². The molecule has 1 aliphatic heterocycles. The van der Waals surface area contributed by atoms with Crippen molar-refractivity contribution >= 4 is 5.82 Å². The van der Waals surface area contributed by atoms with Gasteiger partial charge in [0.25, 0.3) is 0 Å². The van der Waals surface area contributed by atoms with Crippen molar-refractivity contribution in [2.24, 2.45) is 0 Å². The SMILES string of the molecule is C=CCC(c1cccc(C)c1)C(C)N(C)Cc1nc(N2CCC2)ccc1-c1cc(C(C)(C)CC(=C)CC)ccc1OC. The van der Waals surface area contributed by atoms with Crippen molar-refractivity contribution in [2.75, 3.05) is 32.1 Å². The summed E-state index contributed by atoms with van der Waals surface area (Å²) in [5.41, 5.74) is 8.51. The molecule has 0 radical (unpaired) electrons. The highest BCUT2D eigenvalue weighted by molar-refractivity contribution is 5.74. The molecule has 1 aromatic heterocycles. The summed E-state index contributed by atoms with van der Waals surface area (Å²) in [7, 11) is 3.99. The van der Waals surface area contributed by atoms with Gasteiger partial charge in [0.2, 0.25) is 0 Å². The van der Waals surface area contributed by atoms with Crippen molar-refractivity contribution in [1.29, 1.82) is 0 Å². The van der Waals surface area contributed by atoms with Gasteiger partial charge in [-0.25, -0.2) is 4.98 Å². The summed E-state index contributed by atoms with van der Waals surface area (Å²) in [4.78, 5) is 10.1. The molecule has 0 N–H and O–H groups in total. The molecule has 2 unspecified atom stereocenters. The molecule has 0 amide bonds. The van der Waals surface area contributed by atoms with E-state index in [0.717, 1.165) is 67.3 Å². The lowest BCUT2D eigenvalue weighted by Crippen LogP contribution is -2.38. The van der Waals surface area contributed by atoms with Crippen molar-refractivity contribution in [3.05, 3.63) is 102 Å². The Balaban J connectivity index is 1.74. The number of allylic oxidation sites excluding steroid dienone is 2. The van der Waals surface area contributed by atoms with Crippen LogP contribution in [0.2, 0.25) is 0 Å². The largest absolute Gasteiger partial charge is 0.496 e. The summed E-state index contributed by atoms with van der Waals surface area (Å²) in [6.45, 7) is 22.6. The molecule has 4 nitrogen and oxygen atoms in total. The summed E-state index contributed by atoms with van der Waals surface area (Å²) < 4.78 is 5.95. The highest BCUT2D eigenvalue weighted by atomic mass is 16.5. The second kappa shape index (κ2) is 13.7. The molecule has 0 spiro atoms. The van der Waals surface area contributed by atoms with Crippen LogP contribution < -0.4 is 9.64 Å². The molecule has 3 aromatic rings. The highest BCUT2D eigenvalue weighted by Gasteiger charge is 2.27. The zero-order valence-corrected chi connectivity index (χ0v) is 27.0. The molecule has 1 aliphatic rings. The lowest BCUT2D eigenvalue weighted by molar-refractivity contribution is 0.215. The van der Waals surface area contributed by atoms with Crippen molar-refractivity contribution in [3.8, 4) is 16.9 Å². The Bertz CT molecular complexity index is 1390. The number of rotatable bonds is 14. The number of anilines is 1. The summed E-state index contributed by atoms with van der Waals surface area (Å²) in [6.07, 6.45) is 6.16. The Morgan fingerprint density at radius 1 is 1.12 bits per heavy atom. The van der Waals surface area contributed by atoms with Crippen molar-refractivity contribution in [2.45, 2.75) is 84.2 Å². The lowest BCUT2D eigenvalue weighted by Gasteiger charge is -2.34. The van der Waals surface area contributed by atoms with Crippen LogP contribution in [0.5, 0.6) is 5.75 Å². The third kappa shape index (κ3) is 7.15. The molecule has 1 fully saturated rings. The van der Waals surface area contributed by atoms with Gasteiger partial charge >= 0.3 is 0 Å². The van der Waals surface area contributed by atoms with Crippen molar-refractivity contribution in [1.82, 2.24) is 9.88 Å². The third-order valence-corrected chi connectivity index (χ3v) is 9.17. The summed E-state index contributed by atoms with van der Waals surface area (Å²) in [6, 6.07) is 20.3. The minimum atomic E-state index is -0.0314. The van der Waals surface area contributed by atoms with Gasteiger partial charge in [-0.15, -0.1) is 6.58 Å². The first-order valence-electron chi connectivity index (χ1n) is 15.6.